The summed E-state index contributed by atoms with van der Waals surface area (Å²) in [4.78, 5) is 0.535. The molecule has 84 valence electrons. The molecule has 0 fully saturated rings. The lowest BCUT2D eigenvalue weighted by atomic mass is 10.0. The van der Waals surface area contributed by atoms with Crippen molar-refractivity contribution in [3.05, 3.63) is 35.4 Å². The van der Waals surface area contributed by atoms with E-state index in [9.17, 15) is 0 Å². The lowest BCUT2D eigenvalue weighted by molar-refractivity contribution is 0.713. The first-order chi connectivity index (χ1) is 7.27. The second-order valence-corrected chi connectivity index (χ2v) is 5.21. The number of hydrogen-bond donors (Lipinski definition) is 0. The van der Waals surface area contributed by atoms with Crippen molar-refractivity contribution in [3.8, 4) is 0 Å². The zero-order valence-corrected chi connectivity index (χ0v) is 11.4. The van der Waals surface area contributed by atoms with Crippen LogP contribution in [0, 0.1) is 0 Å². The maximum Gasteiger partial charge on any atom is 0.0395 e. The second kappa shape index (κ2) is 7.05. The van der Waals surface area contributed by atoms with Crippen molar-refractivity contribution >= 4 is 15.9 Å². The third kappa shape index (κ3) is 4.38. The highest BCUT2D eigenvalue weighted by molar-refractivity contribution is 9.09. The van der Waals surface area contributed by atoms with Gasteiger partial charge in [-0.25, -0.2) is 0 Å². The summed E-state index contributed by atoms with van der Waals surface area (Å²) in [7, 11) is 0. The molecule has 0 saturated carbocycles. The normalized spacial score (nSPS) is 12.7. The third-order valence-corrected chi connectivity index (χ3v) is 3.68. The largest absolute Gasteiger partial charge is 0.0839 e. The summed E-state index contributed by atoms with van der Waals surface area (Å²) in [5, 5.41) is 0. The van der Waals surface area contributed by atoms with E-state index in [2.05, 4.69) is 54.0 Å². The van der Waals surface area contributed by atoms with Crippen LogP contribution in [-0.4, -0.2) is 0 Å². The first kappa shape index (κ1) is 12.8. The summed E-state index contributed by atoms with van der Waals surface area (Å²) in [6, 6.07) is 9.05. The minimum atomic E-state index is 0.535. The molecule has 1 unspecified atom stereocenters. The minimum Gasteiger partial charge on any atom is -0.0839 e. The Morgan fingerprint density at radius 2 is 1.73 bits per heavy atom. The molecule has 1 rings (SSSR count). The fourth-order valence-electron chi connectivity index (χ4n) is 1.73. The molecule has 0 heterocycles. The van der Waals surface area contributed by atoms with Crippen molar-refractivity contribution < 1.29 is 0 Å². The fourth-order valence-corrected chi connectivity index (χ4v) is 2.36. The number of halogens is 1. The molecule has 15 heavy (non-hydrogen) atoms. The van der Waals surface area contributed by atoms with Crippen LogP contribution in [0.25, 0.3) is 0 Å². The van der Waals surface area contributed by atoms with Crippen molar-refractivity contribution in [1.29, 1.82) is 0 Å². The van der Waals surface area contributed by atoms with E-state index in [0.717, 1.165) is 0 Å². The van der Waals surface area contributed by atoms with E-state index in [1.165, 1.54) is 43.2 Å². The first-order valence-corrected chi connectivity index (χ1v) is 6.92. The van der Waals surface area contributed by atoms with Gasteiger partial charge < -0.3 is 0 Å². The molecule has 0 aliphatic rings. The fraction of sp³-hybridized carbons (Fsp3) is 0.571. The predicted octanol–water partition coefficient (Wildman–Crippen LogP) is 5.27. The Hall–Kier alpha value is -0.300. The maximum absolute atomic E-state index is 3.75. The van der Waals surface area contributed by atoms with E-state index in [-0.39, 0.29) is 0 Å². The Morgan fingerprint density at radius 3 is 2.27 bits per heavy atom. The topological polar surface area (TPSA) is 0 Å². The molecule has 1 aromatic carbocycles. The van der Waals surface area contributed by atoms with Gasteiger partial charge in [-0.05, 0) is 24.0 Å². The average molecular weight is 269 g/mol. The smallest absolute Gasteiger partial charge is 0.0395 e. The molecule has 0 spiro atoms. The predicted molar refractivity (Wildman–Crippen MR) is 71.6 cm³/mol. The first-order valence-electron chi connectivity index (χ1n) is 6.00. The number of hydrogen-bond acceptors (Lipinski definition) is 0. The van der Waals surface area contributed by atoms with Gasteiger partial charge in [0, 0.05) is 4.83 Å². The summed E-state index contributed by atoms with van der Waals surface area (Å²) in [6.07, 6.45) is 6.24. The van der Waals surface area contributed by atoms with Crippen LogP contribution in [0.2, 0.25) is 0 Å². The SMILES string of the molecule is CCCCC(Br)c1ccc(CCC)cc1. The van der Waals surface area contributed by atoms with Crippen molar-refractivity contribution in [1.82, 2.24) is 0 Å². The molecule has 0 bridgehead atoms. The van der Waals surface area contributed by atoms with Gasteiger partial charge in [-0.2, -0.15) is 0 Å². The highest BCUT2D eigenvalue weighted by Crippen LogP contribution is 2.28. The number of aryl methyl sites for hydroxylation is 1. The Kier molecular flexibility index (Phi) is 6.00. The Labute approximate surface area is 102 Å². The summed E-state index contributed by atoms with van der Waals surface area (Å²) in [5.41, 5.74) is 2.87. The lowest BCUT2D eigenvalue weighted by Crippen LogP contribution is -1.91. The van der Waals surface area contributed by atoms with E-state index in [1.54, 1.807) is 0 Å². The third-order valence-electron chi connectivity index (χ3n) is 2.69. The molecule has 0 aromatic heterocycles. The number of alkyl halides is 1. The maximum atomic E-state index is 3.75. The van der Waals surface area contributed by atoms with Gasteiger partial charge in [0.1, 0.15) is 0 Å². The van der Waals surface area contributed by atoms with Gasteiger partial charge in [-0.3, -0.25) is 0 Å². The van der Waals surface area contributed by atoms with Crippen LogP contribution in [0.4, 0.5) is 0 Å². The van der Waals surface area contributed by atoms with Gasteiger partial charge in [0.05, 0.1) is 0 Å². The molecule has 0 aliphatic carbocycles. The van der Waals surface area contributed by atoms with E-state index < -0.39 is 0 Å². The van der Waals surface area contributed by atoms with Crippen LogP contribution in [0.3, 0.4) is 0 Å². The van der Waals surface area contributed by atoms with Crippen molar-refractivity contribution in [3.63, 3.8) is 0 Å². The van der Waals surface area contributed by atoms with E-state index in [1.807, 2.05) is 0 Å². The van der Waals surface area contributed by atoms with E-state index >= 15 is 0 Å². The van der Waals surface area contributed by atoms with Crippen LogP contribution in [0.5, 0.6) is 0 Å². The molecule has 1 heteroatoms. The van der Waals surface area contributed by atoms with Gasteiger partial charge in [0.25, 0.3) is 0 Å². The molecule has 0 saturated heterocycles. The van der Waals surface area contributed by atoms with E-state index in [4.69, 9.17) is 0 Å². The van der Waals surface area contributed by atoms with Crippen LogP contribution in [-0.2, 0) is 6.42 Å². The molecule has 0 amide bonds. The average Bonchev–Trinajstić information content (AvgIpc) is 2.27. The van der Waals surface area contributed by atoms with Gasteiger partial charge >= 0.3 is 0 Å². The Morgan fingerprint density at radius 1 is 1.07 bits per heavy atom. The Balaban J connectivity index is 2.54. The monoisotopic (exact) mass is 268 g/mol. The molecule has 1 aromatic rings. The van der Waals surface area contributed by atoms with Crippen LogP contribution in [0.15, 0.2) is 24.3 Å². The number of rotatable bonds is 6. The number of benzene rings is 1. The number of unbranched alkanes of at least 4 members (excludes halogenated alkanes) is 1. The minimum absolute atomic E-state index is 0.535. The highest BCUT2D eigenvalue weighted by Gasteiger charge is 2.05. The van der Waals surface area contributed by atoms with Gasteiger partial charge in [-0.1, -0.05) is 73.3 Å². The molecule has 0 radical (unpaired) electrons. The highest BCUT2D eigenvalue weighted by atomic mass is 79.9. The summed E-state index contributed by atoms with van der Waals surface area (Å²) < 4.78 is 0. The molecular formula is C14H21Br. The van der Waals surface area contributed by atoms with Gasteiger partial charge in [0.15, 0.2) is 0 Å². The second-order valence-electron chi connectivity index (χ2n) is 4.10. The van der Waals surface area contributed by atoms with Crippen LogP contribution < -0.4 is 0 Å². The van der Waals surface area contributed by atoms with Crippen molar-refractivity contribution in [2.24, 2.45) is 0 Å². The quantitative estimate of drug-likeness (QED) is 0.617. The van der Waals surface area contributed by atoms with Gasteiger partial charge in [0.2, 0.25) is 0 Å². The van der Waals surface area contributed by atoms with Crippen molar-refractivity contribution in [2.75, 3.05) is 0 Å². The standard InChI is InChI=1S/C14H21Br/c1-3-5-7-14(15)13-10-8-12(6-4-2)9-11-13/h8-11,14H,3-7H2,1-2H3. The van der Waals surface area contributed by atoms with Crippen LogP contribution in [0.1, 0.15) is 55.5 Å². The van der Waals surface area contributed by atoms with Gasteiger partial charge in [-0.15, -0.1) is 0 Å². The molecule has 0 N–H and O–H groups in total. The zero-order valence-electron chi connectivity index (χ0n) is 9.80. The van der Waals surface area contributed by atoms with Crippen LogP contribution >= 0.6 is 15.9 Å². The Bertz CT molecular complexity index is 263. The van der Waals surface area contributed by atoms with Crippen molar-refractivity contribution in [2.45, 2.75) is 50.8 Å². The summed E-state index contributed by atoms with van der Waals surface area (Å²) in [5.74, 6) is 0. The summed E-state index contributed by atoms with van der Waals surface area (Å²) in [6.45, 7) is 4.46. The zero-order chi connectivity index (χ0) is 11.1. The molecule has 1 atom stereocenters. The molecular weight excluding hydrogens is 248 g/mol. The molecule has 0 aliphatic heterocycles. The van der Waals surface area contributed by atoms with E-state index in [0.29, 0.717) is 4.83 Å². The summed E-state index contributed by atoms with van der Waals surface area (Å²) >= 11 is 3.75. The lowest BCUT2D eigenvalue weighted by Gasteiger charge is -2.10. The molecule has 0 nitrogen and oxygen atoms in total.